The second kappa shape index (κ2) is 22.1. The van der Waals surface area contributed by atoms with E-state index in [9.17, 15) is 30.0 Å². The molecular formula is C51H82N2O13. The second-order valence-electron chi connectivity index (χ2n) is 21.7. The maximum atomic E-state index is 13.4. The zero-order valence-electron chi connectivity index (χ0n) is 40.8. The van der Waals surface area contributed by atoms with Gasteiger partial charge in [0.2, 0.25) is 0 Å². The van der Waals surface area contributed by atoms with Crippen LogP contribution in [0.4, 0.5) is 0 Å². The van der Waals surface area contributed by atoms with E-state index in [0.29, 0.717) is 41.3 Å². The van der Waals surface area contributed by atoms with E-state index >= 15 is 0 Å². The molecule has 6 fully saturated rings. The number of methoxy groups -OCH3 is 1. The maximum Gasteiger partial charge on any atom is 0.338 e. The zero-order chi connectivity index (χ0) is 47.5. The number of nitrogens with zero attached hydrogens (tertiary/aromatic N) is 1. The summed E-state index contributed by atoms with van der Waals surface area (Å²) >= 11 is 0. The number of hydrogen-bond donors (Lipinski definition) is 5. The molecule has 4 aliphatic carbocycles. The normalized spacial score (nSPS) is 41.0. The van der Waals surface area contributed by atoms with Crippen molar-refractivity contribution in [1.29, 1.82) is 0 Å². The second-order valence-corrected chi connectivity index (χ2v) is 21.7. The highest BCUT2D eigenvalue weighted by Crippen LogP contribution is 2.69. The lowest BCUT2D eigenvalue weighted by atomic mass is 9.44. The first kappa shape index (κ1) is 51.4. The Morgan fingerprint density at radius 2 is 1.55 bits per heavy atom. The van der Waals surface area contributed by atoms with E-state index in [2.05, 4.69) is 45.0 Å². The number of fused-ring (bicyclic) bond motifs is 5. The molecule has 15 heteroatoms. The predicted molar refractivity (Wildman–Crippen MR) is 245 cm³/mol. The number of nitrogens with one attached hydrogen (secondary N) is 1. The summed E-state index contributed by atoms with van der Waals surface area (Å²) < 4.78 is 42.7. The maximum absolute atomic E-state index is 13.4. The number of carbonyl (C=O) groups excluding carboxylic acids is 2. The highest BCUT2D eigenvalue weighted by molar-refractivity contribution is 5.89. The molecule has 4 saturated carbocycles. The molecule has 6 aliphatic rings. The van der Waals surface area contributed by atoms with Crippen LogP contribution in [-0.4, -0.2) is 153 Å². The summed E-state index contributed by atoms with van der Waals surface area (Å²) in [7, 11) is 5.69. The molecule has 1 aromatic carbocycles. The Kier molecular flexibility index (Phi) is 17.2. The van der Waals surface area contributed by atoms with Gasteiger partial charge in [-0.1, -0.05) is 40.5 Å². The Morgan fingerprint density at radius 1 is 0.848 bits per heavy atom. The largest absolute Gasteiger partial charge is 0.497 e. The van der Waals surface area contributed by atoms with E-state index in [0.717, 1.165) is 90.3 Å². The fourth-order valence-corrected chi connectivity index (χ4v) is 14.0. The number of esters is 2. The van der Waals surface area contributed by atoms with Crippen molar-refractivity contribution in [3.05, 3.63) is 29.8 Å². The molecule has 19 atom stereocenters. The van der Waals surface area contributed by atoms with E-state index in [1.54, 1.807) is 12.1 Å². The summed E-state index contributed by atoms with van der Waals surface area (Å²) in [6.07, 6.45) is 0.175. The average Bonchev–Trinajstić information content (AvgIpc) is 3.58. The number of carbonyl (C=O) groups is 2. The molecule has 0 aromatic heterocycles. The molecule has 3 unspecified atom stereocenters. The summed E-state index contributed by atoms with van der Waals surface area (Å²) in [5, 5.41) is 47.3. The molecule has 374 valence electrons. The van der Waals surface area contributed by atoms with Gasteiger partial charge in [-0.25, -0.2) is 4.79 Å². The van der Waals surface area contributed by atoms with Gasteiger partial charge in [0, 0.05) is 26.6 Å². The van der Waals surface area contributed by atoms with E-state index in [4.69, 9.17) is 33.2 Å². The Hall–Kier alpha value is -2.44. The molecule has 7 rings (SSSR count). The Labute approximate surface area is 392 Å². The molecule has 2 heterocycles. The van der Waals surface area contributed by atoms with Crippen LogP contribution in [0.15, 0.2) is 24.3 Å². The van der Waals surface area contributed by atoms with Crippen molar-refractivity contribution in [1.82, 2.24) is 10.2 Å². The lowest BCUT2D eigenvalue weighted by Crippen LogP contribution is -2.62. The fraction of sp³-hybridized carbons (Fsp3) is 0.843. The van der Waals surface area contributed by atoms with Crippen molar-refractivity contribution >= 4 is 11.9 Å². The molecule has 2 aliphatic heterocycles. The van der Waals surface area contributed by atoms with Crippen LogP contribution >= 0.6 is 0 Å². The Balaban J connectivity index is 1.12. The smallest absolute Gasteiger partial charge is 0.338 e. The third-order valence-electron chi connectivity index (χ3n) is 17.4. The summed E-state index contributed by atoms with van der Waals surface area (Å²) in [5.41, 5.74) is 0.373. The average molecular weight is 931 g/mol. The SMILES string of the molecule is CNCCN(C)C[C@H](C)CCC[C@@H](C)[C@H]1[C@@H](O[C@@H]2OC[C@H](O)[C@H](O[C@@H]3OC[C@@H](O)[C@H](O)[C@H]3OC(=O)c3ccc(OC)cc3)[C@H]2OC(C)=O)CC2C3CC[C@H]4C[C@@H](O)CC[C@]4(C)C3CC[C@@]21C. The zero-order valence-corrected chi connectivity index (χ0v) is 40.8. The van der Waals surface area contributed by atoms with Crippen LogP contribution in [0, 0.1) is 52.3 Å². The minimum atomic E-state index is -1.59. The van der Waals surface area contributed by atoms with Gasteiger partial charge in [-0.2, -0.15) is 0 Å². The molecule has 2 saturated heterocycles. The summed E-state index contributed by atoms with van der Waals surface area (Å²) in [5.74, 6) is 2.25. The topological polar surface area (TPSA) is 195 Å². The van der Waals surface area contributed by atoms with Crippen molar-refractivity contribution in [2.75, 3.05) is 54.1 Å². The van der Waals surface area contributed by atoms with Gasteiger partial charge in [0.25, 0.3) is 0 Å². The van der Waals surface area contributed by atoms with E-state index < -0.39 is 61.1 Å². The van der Waals surface area contributed by atoms with Crippen molar-refractivity contribution in [3.63, 3.8) is 0 Å². The highest BCUT2D eigenvalue weighted by atomic mass is 16.7. The molecule has 66 heavy (non-hydrogen) atoms. The molecule has 1 aromatic rings. The minimum Gasteiger partial charge on any atom is -0.497 e. The van der Waals surface area contributed by atoms with Crippen LogP contribution in [0.5, 0.6) is 5.75 Å². The van der Waals surface area contributed by atoms with Crippen molar-refractivity contribution in [2.45, 2.75) is 167 Å². The van der Waals surface area contributed by atoms with Gasteiger partial charge in [0.15, 0.2) is 24.8 Å². The molecule has 15 nitrogen and oxygen atoms in total. The fourth-order valence-electron chi connectivity index (χ4n) is 14.0. The molecule has 0 bridgehead atoms. The number of benzene rings is 1. The van der Waals surface area contributed by atoms with Gasteiger partial charge < -0.3 is 63.8 Å². The van der Waals surface area contributed by atoms with Gasteiger partial charge in [-0.3, -0.25) is 4.79 Å². The number of rotatable bonds is 18. The number of ether oxygens (including phenoxy) is 7. The Morgan fingerprint density at radius 3 is 2.24 bits per heavy atom. The minimum absolute atomic E-state index is 0.00345. The first-order chi connectivity index (χ1) is 31.5. The standard InChI is InChI=1S/C51H82N2O13/c1-29(26-53(7)23-22-52-6)10-9-11-30(2)42-41(25-38-36-17-14-33-24-34(55)18-20-50(33,4)37(36)19-21-51(38,42)5)64-49-46(63-31(3)54)44(40(57)28-62-49)66-48-45(43(58)39(56)27-61-48)65-47(59)32-12-15-35(60-8)16-13-32/h12-13,15-16,29-30,33-34,36-46,48-49,52,55-58H,9-11,14,17-28H2,1-8H3/t29-,30-,33+,34+,36?,37?,38?,39-,40+,41+,42+,43+,44+,45-,46-,48+,49+,50+,51+/m1/s1. The first-order valence-electron chi connectivity index (χ1n) is 25.1. The highest BCUT2D eigenvalue weighted by Gasteiger charge is 2.64. The molecule has 0 radical (unpaired) electrons. The van der Waals surface area contributed by atoms with Gasteiger partial charge >= 0.3 is 11.9 Å². The summed E-state index contributed by atoms with van der Waals surface area (Å²) in [6.45, 7) is 13.5. The molecular weight excluding hydrogens is 849 g/mol. The third-order valence-corrected chi connectivity index (χ3v) is 17.4. The lowest BCUT2D eigenvalue weighted by molar-refractivity contribution is -0.340. The molecule has 5 N–H and O–H groups in total. The number of aliphatic hydroxyl groups excluding tert-OH is 4. The van der Waals surface area contributed by atoms with Crippen LogP contribution in [-0.2, 0) is 33.2 Å². The van der Waals surface area contributed by atoms with Gasteiger partial charge in [-0.15, -0.1) is 0 Å². The Bertz CT molecular complexity index is 1740. The first-order valence-corrected chi connectivity index (χ1v) is 25.1. The monoisotopic (exact) mass is 931 g/mol. The van der Waals surface area contributed by atoms with E-state index in [1.165, 1.54) is 26.2 Å². The van der Waals surface area contributed by atoms with Crippen LogP contribution in [0.2, 0.25) is 0 Å². The molecule has 0 spiro atoms. The van der Waals surface area contributed by atoms with Crippen LogP contribution in [0.25, 0.3) is 0 Å². The van der Waals surface area contributed by atoms with Crippen LogP contribution in [0.1, 0.15) is 116 Å². The van der Waals surface area contributed by atoms with Gasteiger partial charge in [-0.05, 0) is 148 Å². The summed E-state index contributed by atoms with van der Waals surface area (Å²) in [4.78, 5) is 28.7. The van der Waals surface area contributed by atoms with Crippen LogP contribution in [0.3, 0.4) is 0 Å². The lowest BCUT2D eigenvalue weighted by Gasteiger charge is -2.61. The van der Waals surface area contributed by atoms with Crippen molar-refractivity contribution in [3.8, 4) is 5.75 Å². The summed E-state index contributed by atoms with van der Waals surface area (Å²) in [6, 6.07) is 6.22. The number of aliphatic hydroxyl groups is 4. The number of hydrogen-bond acceptors (Lipinski definition) is 15. The van der Waals surface area contributed by atoms with E-state index in [-0.39, 0.29) is 47.7 Å². The quantitative estimate of drug-likeness (QED) is 0.124. The van der Waals surface area contributed by atoms with Crippen LogP contribution < -0.4 is 10.1 Å². The number of likely N-dealkylation sites (N-methyl/N-ethyl adjacent to an activating group) is 2. The van der Waals surface area contributed by atoms with Crippen molar-refractivity contribution < 1.29 is 63.2 Å². The third kappa shape index (κ3) is 11.1. The predicted octanol–water partition coefficient (Wildman–Crippen LogP) is 4.94. The van der Waals surface area contributed by atoms with Crippen molar-refractivity contribution in [2.24, 2.45) is 52.3 Å². The molecule has 0 amide bonds. The van der Waals surface area contributed by atoms with E-state index in [1.807, 2.05) is 7.05 Å². The van der Waals surface area contributed by atoms with Gasteiger partial charge in [0.05, 0.1) is 38.1 Å². The van der Waals surface area contributed by atoms with Gasteiger partial charge in [0.1, 0.15) is 30.2 Å².